The van der Waals surface area contributed by atoms with Crippen LogP contribution < -0.4 is 0 Å². The first-order chi connectivity index (χ1) is 14.0. The predicted molar refractivity (Wildman–Crippen MR) is 108 cm³/mol. The molecular formula is C22H28N4O3. The van der Waals surface area contributed by atoms with Gasteiger partial charge in [0, 0.05) is 45.7 Å². The van der Waals surface area contributed by atoms with Crippen molar-refractivity contribution in [2.45, 2.75) is 39.3 Å². The average Bonchev–Trinajstić information content (AvgIpc) is 3.13. The number of rotatable bonds is 4. The molecule has 1 aromatic heterocycles. The molecule has 29 heavy (non-hydrogen) atoms. The highest BCUT2D eigenvalue weighted by molar-refractivity contribution is 5.80. The number of benzene rings is 1. The number of nitrogens with zero attached hydrogens (tertiary/aromatic N) is 4. The second-order valence-corrected chi connectivity index (χ2v) is 7.97. The van der Waals surface area contributed by atoms with Crippen LogP contribution >= 0.6 is 0 Å². The SMILES string of the molecule is CC(=O)N1CCc2ccccc2C1CC(=O)N1CCN(Cc2cc(C)no2)CC1. The monoisotopic (exact) mass is 396 g/mol. The van der Waals surface area contributed by atoms with E-state index in [4.69, 9.17) is 4.52 Å². The Morgan fingerprint density at radius 3 is 2.59 bits per heavy atom. The van der Waals surface area contributed by atoms with Gasteiger partial charge in [0.05, 0.1) is 24.7 Å². The Labute approximate surface area is 171 Å². The lowest BCUT2D eigenvalue weighted by molar-refractivity contribution is -0.137. The van der Waals surface area contributed by atoms with Crippen molar-refractivity contribution < 1.29 is 14.1 Å². The van der Waals surface area contributed by atoms with Gasteiger partial charge in [0.25, 0.3) is 0 Å². The normalized spacial score (nSPS) is 19.9. The molecule has 3 heterocycles. The fraction of sp³-hybridized carbons (Fsp3) is 0.500. The molecule has 2 aromatic rings. The van der Waals surface area contributed by atoms with E-state index in [1.54, 1.807) is 6.92 Å². The summed E-state index contributed by atoms with van der Waals surface area (Å²) in [5.41, 5.74) is 3.24. The van der Waals surface area contributed by atoms with Crippen molar-refractivity contribution >= 4 is 11.8 Å². The van der Waals surface area contributed by atoms with E-state index in [1.807, 2.05) is 34.9 Å². The van der Waals surface area contributed by atoms with E-state index in [2.05, 4.69) is 22.2 Å². The zero-order chi connectivity index (χ0) is 20.4. The number of piperazine rings is 1. The van der Waals surface area contributed by atoms with Gasteiger partial charge in [0.15, 0.2) is 5.76 Å². The molecule has 0 spiro atoms. The maximum Gasteiger partial charge on any atom is 0.225 e. The van der Waals surface area contributed by atoms with Gasteiger partial charge in [-0.25, -0.2) is 0 Å². The molecular weight excluding hydrogens is 368 g/mol. The molecule has 2 aliphatic rings. The van der Waals surface area contributed by atoms with E-state index in [1.165, 1.54) is 5.56 Å². The smallest absolute Gasteiger partial charge is 0.225 e. The molecule has 0 aliphatic carbocycles. The second-order valence-electron chi connectivity index (χ2n) is 7.97. The van der Waals surface area contributed by atoms with E-state index in [9.17, 15) is 9.59 Å². The summed E-state index contributed by atoms with van der Waals surface area (Å²) in [7, 11) is 0. The molecule has 1 saturated heterocycles. The third kappa shape index (κ3) is 4.34. The Bertz CT molecular complexity index is 886. The molecule has 7 nitrogen and oxygen atoms in total. The van der Waals surface area contributed by atoms with Crippen molar-refractivity contribution in [2.75, 3.05) is 32.7 Å². The molecule has 2 amide bonds. The zero-order valence-corrected chi connectivity index (χ0v) is 17.1. The van der Waals surface area contributed by atoms with Crippen LogP contribution in [0.3, 0.4) is 0 Å². The van der Waals surface area contributed by atoms with Crippen LogP contribution in [0.25, 0.3) is 0 Å². The van der Waals surface area contributed by atoms with Gasteiger partial charge >= 0.3 is 0 Å². The Hall–Kier alpha value is -2.67. The van der Waals surface area contributed by atoms with Crippen molar-refractivity contribution in [3.63, 3.8) is 0 Å². The van der Waals surface area contributed by atoms with E-state index < -0.39 is 0 Å². The average molecular weight is 396 g/mol. The van der Waals surface area contributed by atoms with Gasteiger partial charge < -0.3 is 14.3 Å². The number of hydrogen-bond acceptors (Lipinski definition) is 5. The maximum atomic E-state index is 13.1. The van der Waals surface area contributed by atoms with Crippen LogP contribution in [0.2, 0.25) is 0 Å². The summed E-state index contributed by atoms with van der Waals surface area (Å²) in [6.45, 7) is 7.91. The summed E-state index contributed by atoms with van der Waals surface area (Å²) in [6, 6.07) is 9.96. The van der Waals surface area contributed by atoms with Gasteiger partial charge in [-0.1, -0.05) is 29.4 Å². The van der Waals surface area contributed by atoms with E-state index in [0.717, 1.165) is 43.1 Å². The molecule has 2 aliphatic heterocycles. The lowest BCUT2D eigenvalue weighted by Gasteiger charge is -2.39. The van der Waals surface area contributed by atoms with Crippen molar-refractivity contribution in [1.29, 1.82) is 0 Å². The molecule has 0 radical (unpaired) electrons. The fourth-order valence-corrected chi connectivity index (χ4v) is 4.41. The zero-order valence-electron chi connectivity index (χ0n) is 17.1. The molecule has 0 saturated carbocycles. The van der Waals surface area contributed by atoms with Crippen molar-refractivity contribution in [3.8, 4) is 0 Å². The molecule has 0 N–H and O–H groups in total. The number of amides is 2. The van der Waals surface area contributed by atoms with Crippen molar-refractivity contribution in [2.24, 2.45) is 0 Å². The molecule has 0 bridgehead atoms. The first kappa shape index (κ1) is 19.6. The maximum absolute atomic E-state index is 13.1. The summed E-state index contributed by atoms with van der Waals surface area (Å²) in [4.78, 5) is 31.3. The van der Waals surface area contributed by atoms with Crippen LogP contribution in [-0.4, -0.2) is 64.4 Å². The Balaban J connectivity index is 1.38. The fourth-order valence-electron chi connectivity index (χ4n) is 4.41. The summed E-state index contributed by atoms with van der Waals surface area (Å²) < 4.78 is 5.30. The quantitative estimate of drug-likeness (QED) is 0.792. The predicted octanol–water partition coefficient (Wildman–Crippen LogP) is 2.16. The van der Waals surface area contributed by atoms with E-state index in [-0.39, 0.29) is 17.9 Å². The molecule has 1 aromatic carbocycles. The van der Waals surface area contributed by atoms with Crippen molar-refractivity contribution in [3.05, 3.63) is 52.9 Å². The van der Waals surface area contributed by atoms with Crippen LogP contribution in [0.5, 0.6) is 0 Å². The summed E-state index contributed by atoms with van der Waals surface area (Å²) >= 11 is 0. The van der Waals surface area contributed by atoms with Gasteiger partial charge in [-0.2, -0.15) is 0 Å². The van der Waals surface area contributed by atoms with Crippen LogP contribution in [0.15, 0.2) is 34.9 Å². The first-order valence-electron chi connectivity index (χ1n) is 10.3. The lowest BCUT2D eigenvalue weighted by Crippen LogP contribution is -2.49. The van der Waals surface area contributed by atoms with E-state index in [0.29, 0.717) is 26.1 Å². The molecule has 1 unspecified atom stereocenters. The minimum Gasteiger partial charge on any atom is -0.360 e. The van der Waals surface area contributed by atoms with Gasteiger partial charge in [-0.3, -0.25) is 14.5 Å². The number of carbonyl (C=O) groups is 2. The lowest BCUT2D eigenvalue weighted by atomic mass is 9.90. The third-order valence-electron chi connectivity index (χ3n) is 5.97. The number of aryl methyl sites for hydroxylation is 1. The van der Waals surface area contributed by atoms with Crippen molar-refractivity contribution in [1.82, 2.24) is 19.9 Å². The van der Waals surface area contributed by atoms with Gasteiger partial charge in [-0.15, -0.1) is 0 Å². The highest BCUT2D eigenvalue weighted by atomic mass is 16.5. The molecule has 4 rings (SSSR count). The molecule has 1 atom stereocenters. The summed E-state index contributed by atoms with van der Waals surface area (Å²) in [5.74, 6) is 1.01. The summed E-state index contributed by atoms with van der Waals surface area (Å²) in [6.07, 6.45) is 1.19. The van der Waals surface area contributed by atoms with Crippen LogP contribution in [0, 0.1) is 6.92 Å². The van der Waals surface area contributed by atoms with Crippen LogP contribution in [0.1, 0.15) is 42.0 Å². The molecule has 1 fully saturated rings. The number of hydrogen-bond donors (Lipinski definition) is 0. The Morgan fingerprint density at radius 2 is 1.90 bits per heavy atom. The van der Waals surface area contributed by atoms with Gasteiger partial charge in [0.1, 0.15) is 0 Å². The number of aromatic nitrogens is 1. The third-order valence-corrected chi connectivity index (χ3v) is 5.97. The van der Waals surface area contributed by atoms with Gasteiger partial charge in [-0.05, 0) is 24.5 Å². The van der Waals surface area contributed by atoms with Crippen LogP contribution in [0.4, 0.5) is 0 Å². The second kappa shape index (κ2) is 8.37. The molecule has 7 heteroatoms. The van der Waals surface area contributed by atoms with E-state index >= 15 is 0 Å². The Kier molecular flexibility index (Phi) is 5.67. The largest absolute Gasteiger partial charge is 0.360 e. The minimum absolute atomic E-state index is 0.0319. The topological polar surface area (TPSA) is 69.9 Å². The standard InChI is InChI=1S/C22H28N4O3/c1-16-13-19(29-23-16)15-24-9-11-25(12-10-24)22(28)14-21-20-6-4-3-5-18(20)7-8-26(21)17(2)27/h3-6,13,21H,7-12,14-15H2,1-2H3. The van der Waals surface area contributed by atoms with Gasteiger partial charge in [0.2, 0.25) is 11.8 Å². The summed E-state index contributed by atoms with van der Waals surface area (Å²) in [5, 5.41) is 3.93. The first-order valence-corrected chi connectivity index (χ1v) is 10.3. The van der Waals surface area contributed by atoms with Crippen LogP contribution in [-0.2, 0) is 22.6 Å². The minimum atomic E-state index is -0.167. The molecule has 154 valence electrons. The number of carbonyl (C=O) groups excluding carboxylic acids is 2. The highest BCUT2D eigenvalue weighted by Crippen LogP contribution is 2.32. The Morgan fingerprint density at radius 1 is 1.14 bits per heavy atom. The highest BCUT2D eigenvalue weighted by Gasteiger charge is 2.32. The number of fused-ring (bicyclic) bond motifs is 1.